The molecule has 1 aromatic rings. The first-order chi connectivity index (χ1) is 7.88. The van der Waals surface area contributed by atoms with E-state index in [1.165, 1.54) is 0 Å². The standard InChI is InChI=1S/C12H18N2O2/c1-15-11-4-2-3-10(7-11)14-9-12-8-13-5-6-16-12/h2-4,7,12-14H,5-6,8-9H2,1H3. The highest BCUT2D eigenvalue weighted by atomic mass is 16.5. The Morgan fingerprint density at radius 2 is 2.50 bits per heavy atom. The van der Waals surface area contributed by atoms with Crippen molar-refractivity contribution < 1.29 is 9.47 Å². The first kappa shape index (κ1) is 11.2. The molecule has 16 heavy (non-hydrogen) atoms. The van der Waals surface area contributed by atoms with Crippen LogP contribution in [0.1, 0.15) is 0 Å². The van der Waals surface area contributed by atoms with Crippen LogP contribution in [0, 0.1) is 0 Å². The highest BCUT2D eigenvalue weighted by Gasteiger charge is 2.12. The summed E-state index contributed by atoms with van der Waals surface area (Å²) in [7, 11) is 1.67. The minimum absolute atomic E-state index is 0.250. The van der Waals surface area contributed by atoms with Gasteiger partial charge in [-0.2, -0.15) is 0 Å². The summed E-state index contributed by atoms with van der Waals surface area (Å²) >= 11 is 0. The van der Waals surface area contributed by atoms with Crippen LogP contribution in [0.25, 0.3) is 0 Å². The van der Waals surface area contributed by atoms with Crippen LogP contribution in [0.3, 0.4) is 0 Å². The summed E-state index contributed by atoms with van der Waals surface area (Å²) in [6.07, 6.45) is 0.250. The summed E-state index contributed by atoms with van der Waals surface area (Å²) in [4.78, 5) is 0. The molecule has 0 radical (unpaired) electrons. The van der Waals surface area contributed by atoms with E-state index in [9.17, 15) is 0 Å². The molecule has 1 saturated heterocycles. The van der Waals surface area contributed by atoms with E-state index in [0.29, 0.717) is 0 Å². The van der Waals surface area contributed by atoms with Crippen LogP contribution < -0.4 is 15.4 Å². The fourth-order valence-corrected chi connectivity index (χ4v) is 1.72. The zero-order valence-corrected chi connectivity index (χ0v) is 9.53. The molecule has 0 aromatic heterocycles. The first-order valence-electron chi connectivity index (χ1n) is 5.59. The quantitative estimate of drug-likeness (QED) is 0.800. The van der Waals surface area contributed by atoms with Crippen LogP contribution in [0.4, 0.5) is 5.69 Å². The second kappa shape index (κ2) is 5.72. The van der Waals surface area contributed by atoms with Crippen molar-refractivity contribution in [2.75, 3.05) is 38.7 Å². The Hall–Kier alpha value is -1.26. The number of anilines is 1. The maximum Gasteiger partial charge on any atom is 0.120 e. The van der Waals surface area contributed by atoms with Crippen LogP contribution in [0.2, 0.25) is 0 Å². The first-order valence-corrected chi connectivity index (χ1v) is 5.59. The predicted molar refractivity (Wildman–Crippen MR) is 64.1 cm³/mol. The fraction of sp³-hybridized carbons (Fsp3) is 0.500. The van der Waals surface area contributed by atoms with Crippen LogP contribution in [0.15, 0.2) is 24.3 Å². The lowest BCUT2D eigenvalue weighted by atomic mass is 10.2. The summed E-state index contributed by atoms with van der Waals surface area (Å²) in [5, 5.41) is 6.65. The van der Waals surface area contributed by atoms with Gasteiger partial charge in [0.2, 0.25) is 0 Å². The lowest BCUT2D eigenvalue weighted by Crippen LogP contribution is -2.42. The lowest BCUT2D eigenvalue weighted by Gasteiger charge is -2.24. The van der Waals surface area contributed by atoms with Crippen molar-refractivity contribution in [3.63, 3.8) is 0 Å². The van der Waals surface area contributed by atoms with Gasteiger partial charge >= 0.3 is 0 Å². The molecule has 88 valence electrons. The topological polar surface area (TPSA) is 42.5 Å². The fourth-order valence-electron chi connectivity index (χ4n) is 1.72. The molecule has 0 saturated carbocycles. The summed E-state index contributed by atoms with van der Waals surface area (Å²) < 4.78 is 10.8. The maximum atomic E-state index is 5.60. The molecule has 1 heterocycles. The third kappa shape index (κ3) is 3.12. The average molecular weight is 222 g/mol. The third-order valence-electron chi connectivity index (χ3n) is 2.61. The van der Waals surface area contributed by atoms with Crippen molar-refractivity contribution in [3.8, 4) is 5.75 Å². The van der Waals surface area contributed by atoms with Crippen molar-refractivity contribution >= 4 is 5.69 Å². The number of hydrogen-bond donors (Lipinski definition) is 2. The molecule has 1 aromatic carbocycles. The van der Waals surface area contributed by atoms with Gasteiger partial charge in [0.25, 0.3) is 0 Å². The van der Waals surface area contributed by atoms with E-state index >= 15 is 0 Å². The normalized spacial score (nSPS) is 20.4. The summed E-state index contributed by atoms with van der Waals surface area (Å²) in [5.74, 6) is 0.868. The molecule has 0 aliphatic carbocycles. The lowest BCUT2D eigenvalue weighted by molar-refractivity contribution is 0.0372. The predicted octanol–water partition coefficient (Wildman–Crippen LogP) is 1.10. The van der Waals surface area contributed by atoms with Gasteiger partial charge in [0, 0.05) is 31.4 Å². The van der Waals surface area contributed by atoms with Gasteiger partial charge in [-0.3, -0.25) is 0 Å². The van der Waals surface area contributed by atoms with Gasteiger partial charge in [0.1, 0.15) is 5.75 Å². The zero-order chi connectivity index (χ0) is 11.2. The number of morpholine rings is 1. The number of methoxy groups -OCH3 is 1. The Kier molecular flexibility index (Phi) is 4.02. The van der Waals surface area contributed by atoms with Crippen LogP contribution >= 0.6 is 0 Å². The molecule has 1 fully saturated rings. The molecule has 0 spiro atoms. The van der Waals surface area contributed by atoms with Crippen molar-refractivity contribution in [1.82, 2.24) is 5.32 Å². The molecule has 0 amide bonds. The SMILES string of the molecule is COc1cccc(NCC2CNCCO2)c1. The Bertz CT molecular complexity index is 325. The Morgan fingerprint density at radius 3 is 3.25 bits per heavy atom. The molecule has 1 unspecified atom stereocenters. The van der Waals surface area contributed by atoms with Crippen LogP contribution in [0.5, 0.6) is 5.75 Å². The Morgan fingerprint density at radius 1 is 1.56 bits per heavy atom. The second-order valence-corrected chi connectivity index (χ2v) is 3.81. The van der Waals surface area contributed by atoms with Gasteiger partial charge in [-0.05, 0) is 12.1 Å². The third-order valence-corrected chi connectivity index (χ3v) is 2.61. The minimum Gasteiger partial charge on any atom is -0.497 e. The molecule has 1 atom stereocenters. The number of ether oxygens (including phenoxy) is 2. The average Bonchev–Trinajstić information content (AvgIpc) is 2.38. The van der Waals surface area contributed by atoms with E-state index in [2.05, 4.69) is 10.6 Å². The summed E-state index contributed by atoms with van der Waals surface area (Å²) in [6, 6.07) is 7.92. The minimum atomic E-state index is 0.250. The van der Waals surface area contributed by atoms with Gasteiger partial charge in [0.15, 0.2) is 0 Å². The van der Waals surface area contributed by atoms with E-state index in [1.807, 2.05) is 24.3 Å². The van der Waals surface area contributed by atoms with E-state index in [-0.39, 0.29) is 6.10 Å². The smallest absolute Gasteiger partial charge is 0.120 e. The molecule has 4 nitrogen and oxygen atoms in total. The Balaban J connectivity index is 1.83. The van der Waals surface area contributed by atoms with Crippen molar-refractivity contribution in [1.29, 1.82) is 0 Å². The van der Waals surface area contributed by atoms with E-state index in [1.54, 1.807) is 7.11 Å². The van der Waals surface area contributed by atoms with Crippen molar-refractivity contribution in [2.24, 2.45) is 0 Å². The highest BCUT2D eigenvalue weighted by molar-refractivity contribution is 5.48. The number of hydrogen-bond acceptors (Lipinski definition) is 4. The summed E-state index contributed by atoms with van der Waals surface area (Å²) in [6.45, 7) is 3.48. The van der Waals surface area contributed by atoms with Gasteiger partial charge in [-0.1, -0.05) is 6.07 Å². The van der Waals surface area contributed by atoms with Crippen LogP contribution in [-0.2, 0) is 4.74 Å². The van der Waals surface area contributed by atoms with E-state index < -0.39 is 0 Å². The molecular weight excluding hydrogens is 204 g/mol. The molecule has 2 N–H and O–H groups in total. The highest BCUT2D eigenvalue weighted by Crippen LogP contribution is 2.16. The van der Waals surface area contributed by atoms with E-state index in [4.69, 9.17) is 9.47 Å². The maximum absolute atomic E-state index is 5.60. The van der Waals surface area contributed by atoms with Gasteiger partial charge in [-0.25, -0.2) is 0 Å². The summed E-state index contributed by atoms with van der Waals surface area (Å²) in [5.41, 5.74) is 1.06. The molecule has 0 bridgehead atoms. The molecule has 4 heteroatoms. The van der Waals surface area contributed by atoms with Gasteiger partial charge in [-0.15, -0.1) is 0 Å². The van der Waals surface area contributed by atoms with Gasteiger partial charge < -0.3 is 20.1 Å². The zero-order valence-electron chi connectivity index (χ0n) is 9.53. The monoisotopic (exact) mass is 222 g/mol. The van der Waals surface area contributed by atoms with Crippen molar-refractivity contribution in [2.45, 2.75) is 6.10 Å². The number of nitrogens with one attached hydrogen (secondary N) is 2. The van der Waals surface area contributed by atoms with E-state index in [0.717, 1.165) is 37.7 Å². The number of rotatable bonds is 4. The number of benzene rings is 1. The molecule has 1 aliphatic heterocycles. The van der Waals surface area contributed by atoms with Gasteiger partial charge in [0.05, 0.1) is 19.8 Å². The molecular formula is C12H18N2O2. The Labute approximate surface area is 95.9 Å². The van der Waals surface area contributed by atoms with Crippen molar-refractivity contribution in [3.05, 3.63) is 24.3 Å². The molecule has 1 aliphatic rings. The second-order valence-electron chi connectivity index (χ2n) is 3.81. The molecule has 2 rings (SSSR count). The van der Waals surface area contributed by atoms with Crippen LogP contribution in [-0.4, -0.2) is 39.5 Å². The largest absolute Gasteiger partial charge is 0.497 e.